The minimum Gasteiger partial charge on any atom is -0.262 e. The van der Waals surface area contributed by atoms with E-state index in [0.717, 1.165) is 17.7 Å². The van der Waals surface area contributed by atoms with Crippen molar-refractivity contribution in [1.29, 1.82) is 0 Å². The van der Waals surface area contributed by atoms with Crippen molar-refractivity contribution in [3.05, 3.63) is 11.1 Å². The van der Waals surface area contributed by atoms with Crippen molar-refractivity contribution in [1.82, 2.24) is 15.2 Å². The molecule has 0 saturated heterocycles. The zero-order chi connectivity index (χ0) is 10.8. The third-order valence-corrected chi connectivity index (χ3v) is 3.75. The normalized spacial score (nSPS) is 27.2. The molecule has 2 rings (SSSR count). The van der Waals surface area contributed by atoms with Crippen LogP contribution in [0, 0.1) is 11.8 Å². The lowest BCUT2D eigenvalue weighted by Gasteiger charge is -2.29. The van der Waals surface area contributed by atoms with Gasteiger partial charge in [-0.1, -0.05) is 13.8 Å². The molecule has 84 valence electrons. The standard InChI is InChI=1S/C11H18ClN3/c1-7(2)8-3-5-9(6-4-8)10-13-11(12)15-14-10/h7-9H,3-6H2,1-2H3,(H,13,14,15). The Hall–Kier alpha value is -0.570. The topological polar surface area (TPSA) is 41.6 Å². The van der Waals surface area contributed by atoms with Gasteiger partial charge in [0.25, 0.3) is 0 Å². The maximum Gasteiger partial charge on any atom is 0.242 e. The zero-order valence-corrected chi connectivity index (χ0v) is 10.1. The van der Waals surface area contributed by atoms with E-state index in [9.17, 15) is 0 Å². The van der Waals surface area contributed by atoms with Crippen LogP contribution in [0.25, 0.3) is 0 Å². The van der Waals surface area contributed by atoms with Crippen molar-refractivity contribution >= 4 is 11.6 Å². The molecular formula is C11H18ClN3. The van der Waals surface area contributed by atoms with Crippen LogP contribution in [0.4, 0.5) is 0 Å². The summed E-state index contributed by atoms with van der Waals surface area (Å²) in [6.07, 6.45) is 5.05. The number of rotatable bonds is 2. The number of nitrogens with one attached hydrogen (secondary N) is 1. The molecule has 4 heteroatoms. The summed E-state index contributed by atoms with van der Waals surface area (Å²) in [7, 11) is 0. The molecule has 0 aliphatic heterocycles. The fraction of sp³-hybridized carbons (Fsp3) is 0.818. The van der Waals surface area contributed by atoms with Crippen molar-refractivity contribution in [2.24, 2.45) is 11.8 Å². The average Bonchev–Trinajstić information content (AvgIpc) is 2.65. The molecule has 0 radical (unpaired) electrons. The number of hydrogen-bond acceptors (Lipinski definition) is 2. The van der Waals surface area contributed by atoms with Crippen LogP contribution < -0.4 is 0 Å². The highest BCUT2D eigenvalue weighted by molar-refractivity contribution is 6.28. The van der Waals surface area contributed by atoms with Crippen LogP contribution in [0.3, 0.4) is 0 Å². The number of aromatic nitrogens is 3. The molecule has 1 N–H and O–H groups in total. The highest BCUT2D eigenvalue weighted by Gasteiger charge is 2.25. The van der Waals surface area contributed by atoms with Gasteiger partial charge in [-0.05, 0) is 49.1 Å². The van der Waals surface area contributed by atoms with Gasteiger partial charge in [-0.25, -0.2) is 4.98 Å². The quantitative estimate of drug-likeness (QED) is 0.842. The van der Waals surface area contributed by atoms with Gasteiger partial charge in [0.2, 0.25) is 5.28 Å². The third kappa shape index (κ3) is 2.51. The molecule has 1 aliphatic carbocycles. The maximum atomic E-state index is 5.71. The lowest BCUT2D eigenvalue weighted by molar-refractivity contribution is 0.255. The fourth-order valence-corrected chi connectivity index (χ4v) is 2.63. The first-order chi connectivity index (χ1) is 7.16. The van der Waals surface area contributed by atoms with Crippen LogP contribution in [0.2, 0.25) is 5.28 Å². The van der Waals surface area contributed by atoms with Gasteiger partial charge in [-0.3, -0.25) is 5.10 Å². The van der Waals surface area contributed by atoms with Crippen molar-refractivity contribution in [2.75, 3.05) is 0 Å². The minimum absolute atomic E-state index is 0.344. The van der Waals surface area contributed by atoms with E-state index in [1.165, 1.54) is 25.7 Å². The lowest BCUT2D eigenvalue weighted by atomic mass is 9.77. The van der Waals surface area contributed by atoms with Crippen LogP contribution >= 0.6 is 11.6 Å². The van der Waals surface area contributed by atoms with E-state index in [-0.39, 0.29) is 0 Å². The van der Waals surface area contributed by atoms with Crippen LogP contribution in [-0.2, 0) is 0 Å². The predicted molar refractivity (Wildman–Crippen MR) is 60.9 cm³/mol. The summed E-state index contributed by atoms with van der Waals surface area (Å²) in [6, 6.07) is 0. The Kier molecular flexibility index (Phi) is 3.29. The van der Waals surface area contributed by atoms with Crippen LogP contribution in [0.5, 0.6) is 0 Å². The Bertz CT molecular complexity index is 313. The first-order valence-corrected chi connectivity index (χ1v) is 6.12. The molecule has 1 aromatic rings. The SMILES string of the molecule is CC(C)C1CCC(c2nc(Cl)n[nH]2)CC1. The van der Waals surface area contributed by atoms with Crippen molar-refractivity contribution in [2.45, 2.75) is 45.4 Å². The highest BCUT2D eigenvalue weighted by Crippen LogP contribution is 2.37. The monoisotopic (exact) mass is 227 g/mol. The average molecular weight is 228 g/mol. The van der Waals surface area contributed by atoms with Gasteiger partial charge in [0.05, 0.1) is 0 Å². The molecular weight excluding hydrogens is 210 g/mol. The van der Waals surface area contributed by atoms with Gasteiger partial charge >= 0.3 is 0 Å². The van der Waals surface area contributed by atoms with E-state index in [1.807, 2.05) is 0 Å². The van der Waals surface area contributed by atoms with E-state index in [4.69, 9.17) is 11.6 Å². The molecule has 0 bridgehead atoms. The summed E-state index contributed by atoms with van der Waals surface area (Å²) in [6.45, 7) is 4.63. The maximum absolute atomic E-state index is 5.71. The van der Waals surface area contributed by atoms with Gasteiger partial charge in [0, 0.05) is 5.92 Å². The Labute approximate surface area is 95.6 Å². The summed E-state index contributed by atoms with van der Waals surface area (Å²) in [5.74, 6) is 3.21. The molecule has 3 nitrogen and oxygen atoms in total. The molecule has 0 atom stereocenters. The molecule has 1 heterocycles. The van der Waals surface area contributed by atoms with Crippen LogP contribution in [-0.4, -0.2) is 15.2 Å². The van der Waals surface area contributed by atoms with Crippen molar-refractivity contribution in [3.8, 4) is 0 Å². The summed E-state index contributed by atoms with van der Waals surface area (Å²) in [5.41, 5.74) is 0. The summed E-state index contributed by atoms with van der Waals surface area (Å²) in [5, 5.41) is 7.14. The van der Waals surface area contributed by atoms with Crippen LogP contribution in [0.15, 0.2) is 0 Å². The molecule has 1 fully saturated rings. The van der Waals surface area contributed by atoms with E-state index in [1.54, 1.807) is 0 Å². The molecule has 1 aromatic heterocycles. The number of H-pyrrole nitrogens is 1. The van der Waals surface area contributed by atoms with Gasteiger partial charge in [-0.15, -0.1) is 5.10 Å². The summed E-state index contributed by atoms with van der Waals surface area (Å²) >= 11 is 5.71. The molecule has 0 amide bonds. The molecule has 15 heavy (non-hydrogen) atoms. The highest BCUT2D eigenvalue weighted by atomic mass is 35.5. The summed E-state index contributed by atoms with van der Waals surface area (Å²) in [4.78, 5) is 4.20. The third-order valence-electron chi connectivity index (χ3n) is 3.58. The first kappa shape index (κ1) is 10.9. The predicted octanol–water partition coefficient (Wildman–Crippen LogP) is 3.39. The lowest BCUT2D eigenvalue weighted by Crippen LogP contribution is -2.18. The Morgan fingerprint density at radius 3 is 2.40 bits per heavy atom. The van der Waals surface area contributed by atoms with Crippen LogP contribution in [0.1, 0.15) is 51.3 Å². The Morgan fingerprint density at radius 1 is 1.27 bits per heavy atom. The second-order valence-corrected chi connectivity index (χ2v) is 5.18. The second kappa shape index (κ2) is 4.52. The van der Waals surface area contributed by atoms with E-state index < -0.39 is 0 Å². The van der Waals surface area contributed by atoms with Crippen molar-refractivity contribution < 1.29 is 0 Å². The number of halogens is 1. The summed E-state index contributed by atoms with van der Waals surface area (Å²) < 4.78 is 0. The Balaban J connectivity index is 1.93. The molecule has 0 spiro atoms. The van der Waals surface area contributed by atoms with Gasteiger partial charge in [-0.2, -0.15) is 0 Å². The van der Waals surface area contributed by atoms with Crippen molar-refractivity contribution in [3.63, 3.8) is 0 Å². The first-order valence-electron chi connectivity index (χ1n) is 5.74. The zero-order valence-electron chi connectivity index (χ0n) is 9.33. The second-order valence-electron chi connectivity index (χ2n) is 4.85. The largest absolute Gasteiger partial charge is 0.262 e. The number of hydrogen-bond donors (Lipinski definition) is 1. The molecule has 1 saturated carbocycles. The van der Waals surface area contributed by atoms with Gasteiger partial charge in [0.15, 0.2) is 0 Å². The fourth-order valence-electron chi connectivity index (χ4n) is 2.49. The van der Waals surface area contributed by atoms with E-state index >= 15 is 0 Å². The van der Waals surface area contributed by atoms with Gasteiger partial charge < -0.3 is 0 Å². The smallest absolute Gasteiger partial charge is 0.242 e. The van der Waals surface area contributed by atoms with E-state index in [0.29, 0.717) is 11.2 Å². The number of aromatic amines is 1. The Morgan fingerprint density at radius 2 is 1.93 bits per heavy atom. The minimum atomic E-state index is 0.344. The number of nitrogens with zero attached hydrogens (tertiary/aromatic N) is 2. The molecule has 1 aliphatic rings. The van der Waals surface area contributed by atoms with E-state index in [2.05, 4.69) is 29.0 Å². The molecule has 0 unspecified atom stereocenters. The van der Waals surface area contributed by atoms with Gasteiger partial charge in [0.1, 0.15) is 5.82 Å². The molecule has 0 aromatic carbocycles.